The Morgan fingerprint density at radius 2 is 1.74 bits per heavy atom. The van der Waals surface area contributed by atoms with Crippen LogP contribution in [0.5, 0.6) is 5.75 Å². The van der Waals surface area contributed by atoms with Crippen molar-refractivity contribution in [3.05, 3.63) is 66.1 Å². The van der Waals surface area contributed by atoms with Crippen molar-refractivity contribution < 1.29 is 19.1 Å². The van der Waals surface area contributed by atoms with Crippen LogP contribution >= 0.6 is 0 Å². The van der Waals surface area contributed by atoms with Crippen LogP contribution in [-0.2, 0) is 4.79 Å². The second kappa shape index (κ2) is 9.66. The molecule has 0 bridgehead atoms. The van der Waals surface area contributed by atoms with E-state index in [4.69, 9.17) is 4.74 Å². The van der Waals surface area contributed by atoms with Crippen LogP contribution in [0.2, 0.25) is 0 Å². The number of aromatic nitrogens is 5. The number of fused-ring (bicyclic) bond motifs is 1. The highest BCUT2D eigenvalue weighted by molar-refractivity contribution is 6.45. The predicted octanol–water partition coefficient (Wildman–Crippen LogP) is 2.47. The van der Waals surface area contributed by atoms with Gasteiger partial charge < -0.3 is 19.5 Å². The molecule has 1 aliphatic carbocycles. The van der Waals surface area contributed by atoms with Crippen LogP contribution in [0.3, 0.4) is 0 Å². The van der Waals surface area contributed by atoms with Crippen LogP contribution < -0.4 is 4.74 Å². The number of rotatable bonds is 6. The number of methoxy groups -OCH3 is 1. The third-order valence-electron chi connectivity index (χ3n) is 6.98. The summed E-state index contributed by atoms with van der Waals surface area (Å²) in [4.78, 5) is 63.2. The molecular weight excluding hydrogens is 486 g/mol. The van der Waals surface area contributed by atoms with E-state index in [-0.39, 0.29) is 24.6 Å². The lowest BCUT2D eigenvalue weighted by molar-refractivity contribution is -0.127. The van der Waals surface area contributed by atoms with Crippen molar-refractivity contribution >= 4 is 28.5 Å². The van der Waals surface area contributed by atoms with Crippen LogP contribution in [0.4, 0.5) is 0 Å². The number of hydrogen-bond donors (Lipinski definition) is 1. The summed E-state index contributed by atoms with van der Waals surface area (Å²) in [7, 11) is 1.49. The Morgan fingerprint density at radius 1 is 0.947 bits per heavy atom. The van der Waals surface area contributed by atoms with Gasteiger partial charge in [0, 0.05) is 50.7 Å². The number of carbonyl (C=O) groups excluding carboxylic acids is 3. The van der Waals surface area contributed by atoms with Gasteiger partial charge in [0.25, 0.3) is 17.6 Å². The van der Waals surface area contributed by atoms with Gasteiger partial charge in [-0.05, 0) is 25.0 Å². The first-order chi connectivity index (χ1) is 18.5. The third-order valence-corrected chi connectivity index (χ3v) is 6.98. The molecule has 192 valence electrons. The molecule has 0 aromatic carbocycles. The molecule has 6 rings (SSSR count). The molecule has 0 radical (unpaired) electrons. The molecule has 38 heavy (non-hydrogen) atoms. The molecule has 1 aliphatic heterocycles. The number of piperazine rings is 1. The number of amides is 2. The second-order valence-corrected chi connectivity index (χ2v) is 9.36. The number of hydrogen-bond acceptors (Lipinski definition) is 8. The van der Waals surface area contributed by atoms with Gasteiger partial charge in [-0.3, -0.25) is 29.3 Å². The van der Waals surface area contributed by atoms with Gasteiger partial charge in [0.1, 0.15) is 22.8 Å². The Labute approximate surface area is 217 Å². The Hall–Kier alpha value is -4.67. The lowest BCUT2D eigenvalue weighted by Gasteiger charge is -2.34. The largest absolute Gasteiger partial charge is 0.494 e. The van der Waals surface area contributed by atoms with E-state index in [0.29, 0.717) is 52.7 Å². The Bertz CT molecular complexity index is 1520. The summed E-state index contributed by atoms with van der Waals surface area (Å²) in [6.45, 7) is 1.13. The van der Waals surface area contributed by atoms with Gasteiger partial charge in [-0.1, -0.05) is 6.07 Å². The highest BCUT2D eigenvalue weighted by Crippen LogP contribution is 2.39. The molecule has 1 saturated carbocycles. The molecule has 11 heteroatoms. The fraction of sp³-hybridized carbons (Fsp3) is 0.296. The van der Waals surface area contributed by atoms with E-state index < -0.39 is 11.7 Å². The summed E-state index contributed by atoms with van der Waals surface area (Å²) in [6.07, 6.45) is 10.3. The Kier molecular flexibility index (Phi) is 6.02. The van der Waals surface area contributed by atoms with Crippen LogP contribution in [0, 0.1) is 0 Å². The maximum atomic E-state index is 13.4. The minimum Gasteiger partial charge on any atom is -0.494 e. The van der Waals surface area contributed by atoms with Crippen LogP contribution in [0.25, 0.3) is 22.3 Å². The van der Waals surface area contributed by atoms with Gasteiger partial charge in [0.15, 0.2) is 0 Å². The minimum atomic E-state index is -0.661. The average Bonchev–Trinajstić information content (AvgIpc) is 3.74. The van der Waals surface area contributed by atoms with E-state index in [1.807, 2.05) is 0 Å². The molecule has 4 aromatic heterocycles. The summed E-state index contributed by atoms with van der Waals surface area (Å²) < 4.78 is 5.49. The fourth-order valence-corrected chi connectivity index (χ4v) is 4.72. The zero-order valence-electron chi connectivity index (χ0n) is 20.8. The van der Waals surface area contributed by atoms with Gasteiger partial charge in [-0.25, -0.2) is 4.98 Å². The zero-order chi connectivity index (χ0) is 26.2. The van der Waals surface area contributed by atoms with Crippen molar-refractivity contribution in [1.29, 1.82) is 0 Å². The van der Waals surface area contributed by atoms with Crippen molar-refractivity contribution in [2.45, 2.75) is 18.8 Å². The fourth-order valence-electron chi connectivity index (χ4n) is 4.72. The van der Waals surface area contributed by atoms with E-state index in [1.54, 1.807) is 41.7 Å². The smallest absolute Gasteiger partial charge is 0.295 e. The normalized spacial score (nSPS) is 15.5. The number of carbonyl (C=O) groups is 3. The van der Waals surface area contributed by atoms with Crippen molar-refractivity contribution in [1.82, 2.24) is 34.7 Å². The van der Waals surface area contributed by atoms with Gasteiger partial charge in [-0.15, -0.1) is 0 Å². The standard InChI is InChI=1S/C27H25N7O4/c1-38-21-15-32-23(20-14-29-19(13-30-20)16-5-6-16)24-22(21)17(12-31-24)25(35)27(37)34-10-8-33(9-11-34)26(36)18-4-2-3-7-28-18/h2-4,7,12-16,31H,5-6,8-11H2,1H3. The molecule has 4 aromatic rings. The number of nitrogens with one attached hydrogen (secondary N) is 1. The average molecular weight is 512 g/mol. The number of ketones is 1. The SMILES string of the molecule is COc1cnc(-c2cnc(C3CC3)cn2)c2[nH]cc(C(=O)C(=O)N3CCN(C(=O)c4ccccn4)CC3)c12. The molecule has 0 atom stereocenters. The first kappa shape index (κ1) is 23.7. The van der Waals surface area contributed by atoms with E-state index in [0.717, 1.165) is 18.5 Å². The summed E-state index contributed by atoms with van der Waals surface area (Å²) in [5.74, 6) is -0.638. The van der Waals surface area contributed by atoms with Gasteiger partial charge in [-0.2, -0.15) is 0 Å². The first-order valence-corrected chi connectivity index (χ1v) is 12.5. The lowest BCUT2D eigenvalue weighted by atomic mass is 10.1. The number of aromatic amines is 1. The third kappa shape index (κ3) is 4.25. The first-order valence-electron chi connectivity index (χ1n) is 12.5. The zero-order valence-corrected chi connectivity index (χ0v) is 20.8. The lowest BCUT2D eigenvalue weighted by Crippen LogP contribution is -2.52. The molecular formula is C27H25N7O4. The van der Waals surface area contributed by atoms with Crippen LogP contribution in [-0.4, -0.2) is 85.6 Å². The molecule has 0 unspecified atom stereocenters. The van der Waals surface area contributed by atoms with Crippen LogP contribution in [0.15, 0.2) is 49.2 Å². The van der Waals surface area contributed by atoms with Crippen molar-refractivity contribution in [2.24, 2.45) is 0 Å². The summed E-state index contributed by atoms with van der Waals surface area (Å²) in [6, 6.07) is 5.16. The quantitative estimate of drug-likeness (QED) is 0.308. The van der Waals surface area contributed by atoms with E-state index in [2.05, 4.69) is 24.9 Å². The molecule has 11 nitrogen and oxygen atoms in total. The number of nitrogens with zero attached hydrogens (tertiary/aromatic N) is 6. The van der Waals surface area contributed by atoms with E-state index in [1.165, 1.54) is 24.4 Å². The number of pyridine rings is 2. The number of H-pyrrole nitrogens is 1. The highest BCUT2D eigenvalue weighted by atomic mass is 16.5. The van der Waals surface area contributed by atoms with Gasteiger partial charge in [0.05, 0.1) is 41.7 Å². The number of ether oxygens (including phenoxy) is 1. The molecule has 5 heterocycles. The topological polar surface area (TPSA) is 134 Å². The van der Waals surface area contributed by atoms with Crippen molar-refractivity contribution in [2.75, 3.05) is 33.3 Å². The molecule has 0 spiro atoms. The number of Topliss-reactive ketones (excluding diaryl/α,β-unsaturated/α-hetero) is 1. The maximum absolute atomic E-state index is 13.4. The Morgan fingerprint density at radius 3 is 2.39 bits per heavy atom. The monoisotopic (exact) mass is 511 g/mol. The van der Waals surface area contributed by atoms with E-state index >= 15 is 0 Å². The van der Waals surface area contributed by atoms with Gasteiger partial charge in [0.2, 0.25) is 0 Å². The second-order valence-electron chi connectivity index (χ2n) is 9.36. The predicted molar refractivity (Wildman–Crippen MR) is 137 cm³/mol. The Balaban J connectivity index is 1.22. The van der Waals surface area contributed by atoms with Crippen molar-refractivity contribution in [3.8, 4) is 17.1 Å². The summed E-state index contributed by atoms with van der Waals surface area (Å²) >= 11 is 0. The maximum Gasteiger partial charge on any atom is 0.295 e. The van der Waals surface area contributed by atoms with Gasteiger partial charge >= 0.3 is 0 Å². The molecule has 1 saturated heterocycles. The summed E-state index contributed by atoms with van der Waals surface area (Å²) in [5.41, 5.74) is 3.13. The van der Waals surface area contributed by atoms with Crippen molar-refractivity contribution in [3.63, 3.8) is 0 Å². The summed E-state index contributed by atoms with van der Waals surface area (Å²) in [5, 5.41) is 0.466. The molecule has 2 aliphatic rings. The highest BCUT2D eigenvalue weighted by Gasteiger charge is 2.32. The van der Waals surface area contributed by atoms with E-state index in [9.17, 15) is 14.4 Å². The molecule has 1 N–H and O–H groups in total. The van der Waals surface area contributed by atoms with Crippen LogP contribution in [0.1, 0.15) is 45.3 Å². The molecule has 2 fully saturated rings. The molecule has 2 amide bonds. The minimum absolute atomic E-state index is 0.194.